The third kappa shape index (κ3) is 8.26. The average Bonchev–Trinajstić information content (AvgIpc) is 2.87. The van der Waals surface area contributed by atoms with Gasteiger partial charge in [-0.2, -0.15) is 0 Å². The highest BCUT2D eigenvalue weighted by Gasteiger charge is 2.48. The van der Waals surface area contributed by atoms with Gasteiger partial charge in [0.2, 0.25) is 0 Å². The molecule has 1 aromatic carbocycles. The van der Waals surface area contributed by atoms with E-state index in [0.717, 1.165) is 19.3 Å². The van der Waals surface area contributed by atoms with E-state index in [1.807, 2.05) is 34.0 Å². The predicted molar refractivity (Wildman–Crippen MR) is 116 cm³/mol. The van der Waals surface area contributed by atoms with Gasteiger partial charge in [0.05, 0.1) is 6.04 Å². The number of benzene rings is 1. The number of nitrogens with zero attached hydrogens (tertiary/aromatic N) is 1. The highest BCUT2D eigenvalue weighted by Crippen LogP contribution is 2.30. The molecule has 1 heterocycles. The number of rotatable bonds is 5. The molecule has 1 N–H and O–H groups in total. The molecule has 0 unspecified atom stereocenters. The Labute approximate surface area is 171 Å². The Morgan fingerprint density at radius 1 is 1.21 bits per heavy atom. The molecule has 0 bridgehead atoms. The average molecular weight is 391 g/mol. The third-order valence-corrected chi connectivity index (χ3v) is 4.54. The molecule has 2 rings (SSSR count). The first-order chi connectivity index (χ1) is 13.2. The number of cyclic esters (lactones) is 1. The second-order valence-electron chi connectivity index (χ2n) is 7.37. The molecule has 1 aliphatic heterocycles. The smallest absolute Gasteiger partial charge is 0.417 e. The molecule has 1 aromatic rings. The first-order valence-corrected chi connectivity index (χ1v) is 10.0. The number of ether oxygens (including phenoxy) is 1. The van der Waals surface area contributed by atoms with Crippen molar-refractivity contribution in [3.05, 3.63) is 48.0 Å². The summed E-state index contributed by atoms with van der Waals surface area (Å²) in [6.45, 7) is 13.4. The first kappa shape index (κ1) is 25.9. The van der Waals surface area contributed by atoms with Crippen LogP contribution in [0, 0.1) is 0 Å². The number of nitrogens with one attached hydrogen (secondary N) is 1. The van der Waals surface area contributed by atoms with E-state index in [4.69, 9.17) is 4.74 Å². The van der Waals surface area contributed by atoms with Crippen LogP contribution in [0.3, 0.4) is 0 Å². The molecular formula is C23H38N2O3. The molecule has 1 atom stereocenters. The van der Waals surface area contributed by atoms with Gasteiger partial charge in [-0.15, -0.1) is 0 Å². The van der Waals surface area contributed by atoms with Crippen LogP contribution in [0.15, 0.2) is 42.5 Å². The summed E-state index contributed by atoms with van der Waals surface area (Å²) in [4.78, 5) is 24.9. The lowest BCUT2D eigenvalue weighted by molar-refractivity contribution is -0.125. The zero-order valence-electron chi connectivity index (χ0n) is 18.7. The molecule has 28 heavy (non-hydrogen) atoms. The molecule has 0 saturated carbocycles. The van der Waals surface area contributed by atoms with Crippen molar-refractivity contribution in [1.29, 1.82) is 0 Å². The third-order valence-electron chi connectivity index (χ3n) is 4.54. The lowest BCUT2D eigenvalue weighted by Crippen LogP contribution is -2.43. The summed E-state index contributed by atoms with van der Waals surface area (Å²) in [6.07, 6.45) is 3.11. The van der Waals surface area contributed by atoms with Gasteiger partial charge in [0.1, 0.15) is 5.60 Å². The van der Waals surface area contributed by atoms with Gasteiger partial charge >= 0.3 is 6.09 Å². The number of imide groups is 1. The predicted octanol–water partition coefficient (Wildman–Crippen LogP) is 4.96. The fourth-order valence-electron chi connectivity index (χ4n) is 2.47. The first-order valence-electron chi connectivity index (χ1n) is 10.0. The van der Waals surface area contributed by atoms with E-state index in [0.29, 0.717) is 12.0 Å². The van der Waals surface area contributed by atoms with E-state index in [-0.39, 0.29) is 11.9 Å². The molecule has 0 aliphatic carbocycles. The largest absolute Gasteiger partial charge is 0.441 e. The Morgan fingerprint density at radius 3 is 2.11 bits per heavy atom. The van der Waals surface area contributed by atoms with Crippen molar-refractivity contribution in [3.8, 4) is 0 Å². The summed E-state index contributed by atoms with van der Waals surface area (Å²) in [7, 11) is 3.75. The number of unbranched alkanes of at least 4 members (excludes halogenated alkanes) is 1. The number of amides is 2. The van der Waals surface area contributed by atoms with Crippen LogP contribution in [-0.4, -0.2) is 42.6 Å². The minimum atomic E-state index is -0.627. The van der Waals surface area contributed by atoms with Gasteiger partial charge in [-0.25, -0.2) is 9.69 Å². The topological polar surface area (TPSA) is 58.6 Å². The Morgan fingerprint density at radius 2 is 1.75 bits per heavy atom. The van der Waals surface area contributed by atoms with Crippen LogP contribution >= 0.6 is 0 Å². The number of carbonyl (C=O) groups excluding carboxylic acids is 2. The van der Waals surface area contributed by atoms with Gasteiger partial charge in [-0.05, 0) is 59.7 Å². The second-order valence-corrected chi connectivity index (χ2v) is 7.37. The maximum Gasteiger partial charge on any atom is 0.417 e. The van der Waals surface area contributed by atoms with Gasteiger partial charge in [-0.3, -0.25) is 4.79 Å². The molecular weight excluding hydrogens is 352 g/mol. The number of hydrogen-bond donors (Lipinski definition) is 1. The van der Waals surface area contributed by atoms with E-state index >= 15 is 0 Å². The van der Waals surface area contributed by atoms with Crippen molar-refractivity contribution >= 4 is 12.0 Å². The van der Waals surface area contributed by atoms with Crippen LogP contribution in [0.25, 0.3) is 0 Å². The van der Waals surface area contributed by atoms with Crippen LogP contribution in [-0.2, 0) is 16.0 Å². The summed E-state index contributed by atoms with van der Waals surface area (Å²) in [6, 6.07) is 10.2. The zero-order valence-corrected chi connectivity index (χ0v) is 18.7. The normalized spacial score (nSPS) is 16.9. The Kier molecular flexibility index (Phi) is 12.1. The summed E-state index contributed by atoms with van der Waals surface area (Å²) >= 11 is 0. The van der Waals surface area contributed by atoms with Gasteiger partial charge in [0, 0.05) is 5.57 Å². The monoisotopic (exact) mass is 390 g/mol. The highest BCUT2D eigenvalue weighted by molar-refractivity contribution is 6.03. The van der Waals surface area contributed by atoms with Gasteiger partial charge in [0.25, 0.3) is 5.91 Å². The Bertz CT molecular complexity index is 612. The standard InChI is InChI=1S/C13H21NO3.C8H10.C2H7N/c1-6-7-8-9(2)11(15)14-10(3)13(4,5)17-12(14)16;1-2-8-6-4-3-5-7-8;1-3-2/h10H,2,6-8H2,1,3-5H3;3-7H,2H2,1H3;3H,1-2H3/t10-;;/m0../s1. The molecule has 0 spiro atoms. The van der Waals surface area contributed by atoms with Crippen molar-refractivity contribution in [1.82, 2.24) is 10.2 Å². The van der Waals surface area contributed by atoms with Crippen LogP contribution in [0.2, 0.25) is 0 Å². The molecule has 5 heteroatoms. The maximum atomic E-state index is 12.1. The molecule has 1 saturated heterocycles. The summed E-state index contributed by atoms with van der Waals surface area (Å²) < 4.78 is 5.17. The zero-order chi connectivity index (χ0) is 21.7. The molecule has 2 amide bonds. The van der Waals surface area contributed by atoms with Crippen molar-refractivity contribution < 1.29 is 14.3 Å². The van der Waals surface area contributed by atoms with Crippen LogP contribution in [0.4, 0.5) is 4.79 Å². The minimum absolute atomic E-state index is 0.263. The number of carbonyl (C=O) groups is 2. The molecule has 0 aromatic heterocycles. The lowest BCUT2D eigenvalue weighted by atomic mass is 10.00. The van der Waals surface area contributed by atoms with Gasteiger partial charge in [-0.1, -0.05) is 57.2 Å². The van der Waals surface area contributed by atoms with Crippen molar-refractivity contribution in [2.75, 3.05) is 14.1 Å². The summed E-state index contributed by atoms with van der Waals surface area (Å²) in [5.74, 6) is -0.304. The van der Waals surface area contributed by atoms with E-state index in [9.17, 15) is 9.59 Å². The summed E-state index contributed by atoms with van der Waals surface area (Å²) in [5.41, 5.74) is 1.26. The van der Waals surface area contributed by atoms with Crippen LogP contribution in [0.5, 0.6) is 0 Å². The van der Waals surface area contributed by atoms with E-state index in [1.54, 1.807) is 13.8 Å². The quantitative estimate of drug-likeness (QED) is 0.722. The second kappa shape index (κ2) is 13.1. The van der Waals surface area contributed by atoms with E-state index < -0.39 is 11.7 Å². The fraction of sp³-hybridized carbons (Fsp3) is 0.565. The van der Waals surface area contributed by atoms with E-state index in [2.05, 4.69) is 43.1 Å². The SMILES string of the molecule is C=C(CCCC)C(=O)N1C(=O)OC(C)(C)[C@@H]1C.CCc1ccccc1.CNC. The Balaban J connectivity index is 0.000000547. The maximum absolute atomic E-state index is 12.1. The highest BCUT2D eigenvalue weighted by atomic mass is 16.6. The Hall–Kier alpha value is -2.14. The number of hydrogen-bond acceptors (Lipinski definition) is 4. The van der Waals surface area contributed by atoms with Gasteiger partial charge in [0.15, 0.2) is 0 Å². The van der Waals surface area contributed by atoms with Crippen LogP contribution in [0.1, 0.15) is 59.4 Å². The van der Waals surface area contributed by atoms with Crippen molar-refractivity contribution in [2.45, 2.75) is 71.9 Å². The lowest BCUT2D eigenvalue weighted by Gasteiger charge is -2.24. The molecule has 1 fully saturated rings. The van der Waals surface area contributed by atoms with Crippen LogP contribution < -0.4 is 5.32 Å². The fourth-order valence-corrected chi connectivity index (χ4v) is 2.47. The molecule has 158 valence electrons. The molecule has 0 radical (unpaired) electrons. The van der Waals surface area contributed by atoms with E-state index in [1.165, 1.54) is 10.5 Å². The van der Waals surface area contributed by atoms with Crippen molar-refractivity contribution in [2.24, 2.45) is 0 Å². The number of aryl methyl sites for hydroxylation is 1. The molecule has 5 nitrogen and oxygen atoms in total. The van der Waals surface area contributed by atoms with Crippen molar-refractivity contribution in [3.63, 3.8) is 0 Å². The summed E-state index contributed by atoms with van der Waals surface area (Å²) in [5, 5.41) is 2.75. The van der Waals surface area contributed by atoms with Gasteiger partial charge < -0.3 is 10.1 Å². The molecule has 1 aliphatic rings. The minimum Gasteiger partial charge on any atom is -0.441 e.